The molecule has 0 saturated heterocycles. The van der Waals surface area contributed by atoms with Crippen LogP contribution in [0, 0.1) is 0 Å². The van der Waals surface area contributed by atoms with Crippen molar-refractivity contribution in [2.24, 2.45) is 0 Å². The van der Waals surface area contributed by atoms with Gasteiger partial charge in [0.2, 0.25) is 6.16 Å². The quantitative estimate of drug-likeness (QED) is 0.480. The molecule has 0 radical (unpaired) electrons. The van der Waals surface area contributed by atoms with Gasteiger partial charge < -0.3 is 16.4 Å². The van der Waals surface area contributed by atoms with E-state index in [4.69, 9.17) is 15.0 Å². The van der Waals surface area contributed by atoms with Crippen molar-refractivity contribution in [2.45, 2.75) is 0 Å². The van der Waals surface area contributed by atoms with Crippen molar-refractivity contribution in [1.82, 2.24) is 0 Å². The standard InChI is InChI=1S/CH2O3.Cs.Rb.H/c2-1(3)4;;;/h(H2,2,3,4);;;/q;2*+1;-1/p-1. The Hall–Kier alpha value is 3.13. The minimum Gasteiger partial charge on any atom is -1.00 e. The molecule has 6 heavy (non-hydrogen) atoms. The summed E-state index contributed by atoms with van der Waals surface area (Å²) < 4.78 is 0. The molecule has 0 aromatic rings. The van der Waals surface area contributed by atoms with Crippen LogP contribution in [0.25, 0.3) is 0 Å². The molecule has 0 rings (SSSR count). The number of carboxylic acid groups (broad SMARTS) is 2. The third-order valence-electron chi connectivity index (χ3n) is 0. The second-order valence-corrected chi connectivity index (χ2v) is 0.266. The zero-order chi connectivity index (χ0) is 3.58. The van der Waals surface area contributed by atoms with Gasteiger partial charge in [-0.2, -0.15) is 0 Å². The van der Waals surface area contributed by atoms with Gasteiger partial charge in [-0.3, -0.25) is 0 Å². The van der Waals surface area contributed by atoms with Gasteiger partial charge in [0.15, 0.2) is 0 Å². The summed E-state index contributed by atoms with van der Waals surface area (Å²) >= 11 is 0. The first-order valence-electron chi connectivity index (χ1n) is 0.632. The van der Waals surface area contributed by atoms with E-state index in [2.05, 4.69) is 0 Å². The van der Waals surface area contributed by atoms with Crippen molar-refractivity contribution in [3.05, 3.63) is 0 Å². The molecule has 0 aliphatic rings. The Labute approximate surface area is 145 Å². The van der Waals surface area contributed by atoms with Gasteiger partial charge in [-0.1, -0.05) is 0 Å². The summed E-state index contributed by atoms with van der Waals surface area (Å²) in [4.78, 5) is 8.44. The SMILES string of the molecule is O=C([O-])O.[Cs+].[H-].[Rb+]. The van der Waals surface area contributed by atoms with E-state index < -0.39 is 6.16 Å². The Morgan fingerprint density at radius 1 is 1.83 bits per heavy atom. The van der Waals surface area contributed by atoms with E-state index in [9.17, 15) is 0 Å². The molecule has 0 aromatic heterocycles. The van der Waals surface area contributed by atoms with E-state index in [-0.39, 0.29) is 129 Å². The fourth-order valence-corrected chi connectivity index (χ4v) is 0. The molecule has 0 amide bonds. The molecule has 0 aliphatic carbocycles. The van der Waals surface area contributed by atoms with Crippen LogP contribution >= 0.6 is 0 Å². The van der Waals surface area contributed by atoms with Crippen LogP contribution in [0.5, 0.6) is 0 Å². The summed E-state index contributed by atoms with van der Waals surface area (Å²) in [6.45, 7) is 0. The fraction of sp³-hybridized carbons (Fsp3) is 0. The maximum Gasteiger partial charge on any atom is 1.00 e. The number of rotatable bonds is 0. The first kappa shape index (κ1) is 16.1. The second-order valence-electron chi connectivity index (χ2n) is 0.266. The van der Waals surface area contributed by atoms with E-state index in [1.165, 1.54) is 0 Å². The van der Waals surface area contributed by atoms with Gasteiger partial charge in [-0.05, 0) is 0 Å². The van der Waals surface area contributed by atoms with Crippen molar-refractivity contribution in [3.63, 3.8) is 0 Å². The van der Waals surface area contributed by atoms with Crippen LogP contribution in [0.4, 0.5) is 4.79 Å². The molecule has 1 N–H and O–H groups in total. The molecule has 0 heterocycles. The van der Waals surface area contributed by atoms with Gasteiger partial charge in [0.05, 0.1) is 0 Å². The second kappa shape index (κ2) is 11.0. The minimum absolute atomic E-state index is 0. The van der Waals surface area contributed by atoms with Gasteiger partial charge >= 0.3 is 127 Å². The van der Waals surface area contributed by atoms with Gasteiger partial charge in [0, 0.05) is 0 Å². The summed E-state index contributed by atoms with van der Waals surface area (Å²) in [6.07, 6.45) is -2.08. The van der Waals surface area contributed by atoms with Crippen LogP contribution in [0.3, 0.4) is 0 Å². The van der Waals surface area contributed by atoms with Crippen LogP contribution in [0.2, 0.25) is 0 Å². The molecule has 5 heteroatoms. The topological polar surface area (TPSA) is 60.4 Å². The van der Waals surface area contributed by atoms with Crippen LogP contribution in [-0.2, 0) is 0 Å². The van der Waals surface area contributed by atoms with Crippen molar-refractivity contribution in [2.75, 3.05) is 0 Å². The zero-order valence-electron chi connectivity index (χ0n) is 4.76. The van der Waals surface area contributed by atoms with E-state index >= 15 is 0 Å². The average molecular weight is 280 g/mol. The molecule has 0 unspecified atom stereocenters. The van der Waals surface area contributed by atoms with E-state index in [0.29, 0.717) is 0 Å². The largest absolute Gasteiger partial charge is 1.00 e. The first-order chi connectivity index (χ1) is 1.73. The predicted octanol–water partition coefficient (Wildman–Crippen LogP) is -6.99. The number of hydrogen-bond acceptors (Lipinski definition) is 2. The number of carbonyl (C=O) groups is 1. The molecule has 0 fully saturated rings. The molecule has 0 aromatic carbocycles. The summed E-state index contributed by atoms with van der Waals surface area (Å²) in [5, 5.41) is 15.3. The Morgan fingerprint density at radius 2 is 1.83 bits per heavy atom. The smallest absolute Gasteiger partial charge is 1.00 e. The molecule has 0 saturated carbocycles. The monoisotopic (exact) mass is 280 g/mol. The van der Waals surface area contributed by atoms with Crippen LogP contribution in [0.1, 0.15) is 1.43 Å². The molecular weight excluding hydrogens is 278 g/mol. The summed E-state index contributed by atoms with van der Waals surface area (Å²) in [5.74, 6) is 0. The van der Waals surface area contributed by atoms with Crippen molar-refractivity contribution in [1.29, 1.82) is 0 Å². The molecular formula is CH2CsO3Rb. The van der Waals surface area contributed by atoms with Gasteiger partial charge in [-0.15, -0.1) is 0 Å². The first-order valence-corrected chi connectivity index (χ1v) is 0.632. The van der Waals surface area contributed by atoms with E-state index in [1.807, 2.05) is 0 Å². The molecule has 0 spiro atoms. The van der Waals surface area contributed by atoms with Crippen molar-refractivity contribution >= 4 is 6.16 Å². The molecule has 3 nitrogen and oxygen atoms in total. The maximum atomic E-state index is 8.44. The van der Waals surface area contributed by atoms with Crippen LogP contribution in [-0.4, -0.2) is 11.3 Å². The van der Waals surface area contributed by atoms with Gasteiger partial charge in [0.1, 0.15) is 0 Å². The van der Waals surface area contributed by atoms with Crippen LogP contribution in [0.15, 0.2) is 0 Å². The van der Waals surface area contributed by atoms with Gasteiger partial charge in [-0.25, -0.2) is 0 Å². The Balaban J connectivity index is -0.0000000150. The third-order valence-corrected chi connectivity index (χ3v) is 0. The minimum atomic E-state index is -2.08. The normalized spacial score (nSPS) is 4.00. The van der Waals surface area contributed by atoms with Crippen molar-refractivity contribution < 1.29 is 144 Å². The molecule has 0 atom stereocenters. The summed E-state index contributed by atoms with van der Waals surface area (Å²) in [7, 11) is 0. The number of hydrogen-bond donors (Lipinski definition) is 1. The fourth-order valence-electron chi connectivity index (χ4n) is 0. The Kier molecular flexibility index (Phi) is 29.4. The molecule has 0 bridgehead atoms. The van der Waals surface area contributed by atoms with Crippen molar-refractivity contribution in [3.8, 4) is 0 Å². The average Bonchev–Trinajstić information content (AvgIpc) is 0.811. The van der Waals surface area contributed by atoms with E-state index in [1.54, 1.807) is 0 Å². The summed E-state index contributed by atoms with van der Waals surface area (Å²) in [5.41, 5.74) is 0. The zero-order valence-corrected chi connectivity index (χ0v) is 15.0. The predicted molar refractivity (Wildman–Crippen MR) is 9.14 cm³/mol. The summed E-state index contributed by atoms with van der Waals surface area (Å²) in [6, 6.07) is 0. The Morgan fingerprint density at radius 3 is 1.83 bits per heavy atom. The molecule has 0 aliphatic heterocycles. The third kappa shape index (κ3) is 27.4. The Bertz CT molecular complexity index is 37.9. The molecule has 26 valence electrons. The van der Waals surface area contributed by atoms with E-state index in [0.717, 1.165) is 0 Å². The maximum absolute atomic E-state index is 8.44. The van der Waals surface area contributed by atoms with Gasteiger partial charge in [0.25, 0.3) is 0 Å². The van der Waals surface area contributed by atoms with Crippen LogP contribution < -0.4 is 132 Å².